The van der Waals surface area contributed by atoms with Crippen LogP contribution in [0.1, 0.15) is 40.5 Å². The number of carbonyl (C=O) groups excluding carboxylic acids is 1. The molecule has 0 aromatic heterocycles. The molecular formula is C11H23NO3. The lowest BCUT2D eigenvalue weighted by molar-refractivity contribution is -0.152. The van der Waals surface area contributed by atoms with Gasteiger partial charge < -0.3 is 15.2 Å². The summed E-state index contributed by atoms with van der Waals surface area (Å²) in [5.74, 6) is -0.333. The molecule has 0 fully saturated rings. The van der Waals surface area contributed by atoms with Gasteiger partial charge in [0, 0.05) is 0 Å². The fourth-order valence-electron chi connectivity index (χ4n) is 1.10. The first kappa shape index (κ1) is 14.4. The molecule has 0 bridgehead atoms. The topological polar surface area (TPSA) is 61.6 Å². The van der Waals surface area contributed by atoms with Gasteiger partial charge in [0.2, 0.25) is 0 Å². The van der Waals surface area contributed by atoms with Crippen molar-refractivity contribution in [2.45, 2.75) is 52.2 Å². The van der Waals surface area contributed by atoms with Gasteiger partial charge in [-0.3, -0.25) is 4.79 Å². The molecule has 90 valence electrons. The zero-order chi connectivity index (χ0) is 11.9. The molecule has 4 heteroatoms. The van der Waals surface area contributed by atoms with Crippen LogP contribution in [-0.4, -0.2) is 30.8 Å². The summed E-state index contributed by atoms with van der Waals surface area (Å²) in [6.45, 7) is 8.34. The van der Waals surface area contributed by atoms with E-state index in [2.05, 4.69) is 0 Å². The molecule has 4 nitrogen and oxygen atoms in total. The van der Waals surface area contributed by atoms with Crippen LogP contribution in [0.25, 0.3) is 0 Å². The molecule has 0 radical (unpaired) electrons. The Morgan fingerprint density at radius 1 is 1.27 bits per heavy atom. The van der Waals surface area contributed by atoms with Crippen LogP contribution < -0.4 is 5.73 Å². The van der Waals surface area contributed by atoms with Gasteiger partial charge >= 0.3 is 5.97 Å². The number of ether oxygens (including phenoxy) is 2. The van der Waals surface area contributed by atoms with E-state index in [9.17, 15) is 4.79 Å². The lowest BCUT2D eigenvalue weighted by Gasteiger charge is -2.24. The molecule has 15 heavy (non-hydrogen) atoms. The summed E-state index contributed by atoms with van der Waals surface area (Å²) in [7, 11) is 0. The van der Waals surface area contributed by atoms with E-state index in [1.165, 1.54) is 0 Å². The molecule has 0 amide bonds. The standard InChI is InChI=1S/C11H23NO3/c1-5-11(12,6-2)10(13)15-8-7-14-9(3)4/h9H,5-8,12H2,1-4H3. The summed E-state index contributed by atoms with van der Waals surface area (Å²) >= 11 is 0. The van der Waals surface area contributed by atoms with Gasteiger partial charge in [0.15, 0.2) is 0 Å². The average molecular weight is 217 g/mol. The second kappa shape index (κ2) is 6.80. The predicted molar refractivity (Wildman–Crippen MR) is 59.5 cm³/mol. The van der Waals surface area contributed by atoms with Gasteiger partial charge in [0.25, 0.3) is 0 Å². The highest BCUT2D eigenvalue weighted by atomic mass is 16.6. The van der Waals surface area contributed by atoms with Crippen molar-refractivity contribution in [3.63, 3.8) is 0 Å². The van der Waals surface area contributed by atoms with E-state index in [0.717, 1.165) is 0 Å². The minimum Gasteiger partial charge on any atom is -0.462 e. The molecular weight excluding hydrogens is 194 g/mol. The van der Waals surface area contributed by atoms with Crippen LogP contribution in [0.2, 0.25) is 0 Å². The average Bonchev–Trinajstić information content (AvgIpc) is 2.22. The van der Waals surface area contributed by atoms with E-state index in [1.807, 2.05) is 27.7 Å². The second-order valence-electron chi connectivity index (χ2n) is 3.92. The Labute approximate surface area is 92.1 Å². The van der Waals surface area contributed by atoms with E-state index in [1.54, 1.807) is 0 Å². The summed E-state index contributed by atoms with van der Waals surface area (Å²) in [5, 5.41) is 0. The quantitative estimate of drug-likeness (QED) is 0.518. The number of hydrogen-bond acceptors (Lipinski definition) is 4. The molecule has 0 aliphatic heterocycles. The van der Waals surface area contributed by atoms with Gasteiger partial charge in [-0.2, -0.15) is 0 Å². The number of carbonyl (C=O) groups is 1. The highest BCUT2D eigenvalue weighted by Crippen LogP contribution is 2.13. The Kier molecular flexibility index (Phi) is 6.52. The molecule has 0 unspecified atom stereocenters. The molecule has 2 N–H and O–H groups in total. The summed E-state index contributed by atoms with van der Waals surface area (Å²) in [6, 6.07) is 0. The minimum absolute atomic E-state index is 0.156. The molecule has 0 aromatic rings. The van der Waals surface area contributed by atoms with Crippen molar-refractivity contribution >= 4 is 5.97 Å². The van der Waals surface area contributed by atoms with Crippen LogP contribution in [0.3, 0.4) is 0 Å². The maximum Gasteiger partial charge on any atom is 0.326 e. The maximum absolute atomic E-state index is 11.6. The van der Waals surface area contributed by atoms with Crippen LogP contribution in [0.4, 0.5) is 0 Å². The van der Waals surface area contributed by atoms with Crippen molar-refractivity contribution in [2.24, 2.45) is 5.73 Å². The molecule has 0 heterocycles. The summed E-state index contributed by atoms with van der Waals surface area (Å²) in [6.07, 6.45) is 1.34. The summed E-state index contributed by atoms with van der Waals surface area (Å²) in [5.41, 5.74) is 5.03. The van der Waals surface area contributed by atoms with Crippen LogP contribution >= 0.6 is 0 Å². The first-order valence-electron chi connectivity index (χ1n) is 5.54. The van der Waals surface area contributed by atoms with Gasteiger partial charge in [-0.1, -0.05) is 13.8 Å². The van der Waals surface area contributed by atoms with E-state index < -0.39 is 5.54 Å². The predicted octanol–water partition coefficient (Wildman–Crippen LogP) is 1.47. The van der Waals surface area contributed by atoms with Crippen LogP contribution in [-0.2, 0) is 14.3 Å². The number of nitrogens with two attached hydrogens (primary N) is 1. The molecule has 0 saturated heterocycles. The van der Waals surface area contributed by atoms with Gasteiger partial charge in [-0.25, -0.2) is 0 Å². The Morgan fingerprint density at radius 3 is 2.20 bits per heavy atom. The fraction of sp³-hybridized carbons (Fsp3) is 0.909. The zero-order valence-electron chi connectivity index (χ0n) is 10.2. The normalized spacial score (nSPS) is 11.9. The van der Waals surface area contributed by atoms with Crippen LogP contribution in [0.15, 0.2) is 0 Å². The van der Waals surface area contributed by atoms with Crippen molar-refractivity contribution < 1.29 is 14.3 Å². The van der Waals surface area contributed by atoms with E-state index >= 15 is 0 Å². The number of esters is 1. The highest BCUT2D eigenvalue weighted by Gasteiger charge is 2.31. The molecule has 0 saturated carbocycles. The number of hydrogen-bond donors (Lipinski definition) is 1. The Balaban J connectivity index is 3.82. The second-order valence-corrected chi connectivity index (χ2v) is 3.92. The summed E-state index contributed by atoms with van der Waals surface area (Å²) < 4.78 is 10.3. The lowest BCUT2D eigenvalue weighted by atomic mass is 9.95. The maximum atomic E-state index is 11.6. The van der Waals surface area contributed by atoms with Gasteiger partial charge in [-0.05, 0) is 26.7 Å². The van der Waals surface area contributed by atoms with E-state index in [-0.39, 0.29) is 18.7 Å². The smallest absolute Gasteiger partial charge is 0.326 e. The molecule has 0 aliphatic carbocycles. The lowest BCUT2D eigenvalue weighted by Crippen LogP contribution is -2.48. The molecule has 0 spiro atoms. The zero-order valence-corrected chi connectivity index (χ0v) is 10.2. The van der Waals surface area contributed by atoms with Crippen molar-refractivity contribution in [2.75, 3.05) is 13.2 Å². The van der Waals surface area contributed by atoms with Crippen molar-refractivity contribution in [3.05, 3.63) is 0 Å². The Bertz CT molecular complexity index is 188. The SMILES string of the molecule is CCC(N)(CC)C(=O)OCCOC(C)C. The number of rotatable bonds is 7. The third kappa shape index (κ3) is 5.14. The van der Waals surface area contributed by atoms with Gasteiger partial charge in [0.1, 0.15) is 12.1 Å². The minimum atomic E-state index is -0.835. The van der Waals surface area contributed by atoms with Crippen molar-refractivity contribution in [1.29, 1.82) is 0 Å². The van der Waals surface area contributed by atoms with Gasteiger partial charge in [0.05, 0.1) is 12.7 Å². The Hall–Kier alpha value is -0.610. The molecule has 0 atom stereocenters. The van der Waals surface area contributed by atoms with Crippen molar-refractivity contribution in [1.82, 2.24) is 0 Å². The van der Waals surface area contributed by atoms with Crippen molar-refractivity contribution in [3.8, 4) is 0 Å². The Morgan fingerprint density at radius 2 is 1.80 bits per heavy atom. The third-order valence-electron chi connectivity index (χ3n) is 2.44. The highest BCUT2D eigenvalue weighted by molar-refractivity contribution is 5.80. The first-order valence-corrected chi connectivity index (χ1v) is 5.54. The monoisotopic (exact) mass is 217 g/mol. The molecule has 0 aromatic carbocycles. The third-order valence-corrected chi connectivity index (χ3v) is 2.44. The summed E-state index contributed by atoms with van der Waals surface area (Å²) in [4.78, 5) is 11.6. The fourth-order valence-corrected chi connectivity index (χ4v) is 1.10. The van der Waals surface area contributed by atoms with E-state index in [4.69, 9.17) is 15.2 Å². The van der Waals surface area contributed by atoms with E-state index in [0.29, 0.717) is 19.4 Å². The van der Waals surface area contributed by atoms with Crippen LogP contribution in [0.5, 0.6) is 0 Å². The first-order chi connectivity index (χ1) is 6.96. The molecule has 0 aliphatic rings. The van der Waals surface area contributed by atoms with Crippen LogP contribution in [0, 0.1) is 0 Å². The molecule has 0 rings (SSSR count). The largest absolute Gasteiger partial charge is 0.462 e. The van der Waals surface area contributed by atoms with Gasteiger partial charge in [-0.15, -0.1) is 0 Å².